The van der Waals surface area contributed by atoms with E-state index in [1.54, 1.807) is 31.4 Å². The molecule has 100 valence electrons. The van der Waals surface area contributed by atoms with Gasteiger partial charge in [-0.2, -0.15) is 0 Å². The van der Waals surface area contributed by atoms with Gasteiger partial charge in [0.2, 0.25) is 5.95 Å². The fourth-order valence-corrected chi connectivity index (χ4v) is 1.61. The summed E-state index contributed by atoms with van der Waals surface area (Å²) in [5.41, 5.74) is 0.714. The summed E-state index contributed by atoms with van der Waals surface area (Å²) in [5, 5.41) is 10.9. The highest BCUT2D eigenvalue weighted by Crippen LogP contribution is 2.17. The van der Waals surface area contributed by atoms with Crippen LogP contribution in [-0.2, 0) is 0 Å². The molecule has 2 N–H and O–H groups in total. The van der Waals surface area contributed by atoms with Gasteiger partial charge in [-0.25, -0.2) is 0 Å². The molecule has 1 aromatic heterocycles. The van der Waals surface area contributed by atoms with E-state index >= 15 is 0 Å². The van der Waals surface area contributed by atoms with Gasteiger partial charge in [-0.1, -0.05) is 0 Å². The highest BCUT2D eigenvalue weighted by molar-refractivity contribution is 5.58. The summed E-state index contributed by atoms with van der Waals surface area (Å²) in [4.78, 5) is 14.6. The van der Waals surface area contributed by atoms with Crippen molar-refractivity contribution in [3.05, 3.63) is 34.6 Å². The number of H-pyrrole nitrogens is 1. The molecule has 19 heavy (non-hydrogen) atoms. The first kappa shape index (κ1) is 13.1. The molecule has 2 aromatic rings. The van der Waals surface area contributed by atoms with Gasteiger partial charge in [0, 0.05) is 11.6 Å². The number of ether oxygens (including phenoxy) is 1. The maximum absolute atomic E-state index is 11.9. The Morgan fingerprint density at radius 1 is 1.21 bits per heavy atom. The molecule has 0 saturated carbocycles. The molecule has 1 aromatic carbocycles. The van der Waals surface area contributed by atoms with E-state index in [2.05, 4.69) is 20.5 Å². The number of nitrogens with one attached hydrogen (secondary N) is 2. The van der Waals surface area contributed by atoms with Crippen molar-refractivity contribution < 1.29 is 4.74 Å². The standard InChI is InChI=1S/C13H16N4O2/c1-8(2)14-13-15-12(18)11(16-17-13)9-4-6-10(19-3)7-5-9/h4-8H,1-3H3,(H2,14,15,17,18). The average Bonchev–Trinajstić information content (AvgIpc) is 2.38. The van der Waals surface area contributed by atoms with Crippen LogP contribution >= 0.6 is 0 Å². The molecule has 6 nitrogen and oxygen atoms in total. The number of nitrogens with zero attached hydrogens (tertiary/aromatic N) is 2. The van der Waals surface area contributed by atoms with Crippen LogP contribution in [0.1, 0.15) is 13.8 Å². The van der Waals surface area contributed by atoms with Gasteiger partial charge in [0.05, 0.1) is 7.11 Å². The minimum atomic E-state index is -0.275. The second-order valence-corrected chi connectivity index (χ2v) is 4.38. The fourth-order valence-electron chi connectivity index (χ4n) is 1.61. The van der Waals surface area contributed by atoms with Gasteiger partial charge in [0.1, 0.15) is 5.75 Å². The fraction of sp³-hybridized carbons (Fsp3) is 0.308. The summed E-state index contributed by atoms with van der Waals surface area (Å²) in [6, 6.07) is 7.27. The van der Waals surface area contributed by atoms with Gasteiger partial charge in [-0.15, -0.1) is 10.2 Å². The molecule has 0 radical (unpaired) electrons. The molecular weight excluding hydrogens is 244 g/mol. The van der Waals surface area contributed by atoms with Crippen LogP contribution in [0, 0.1) is 0 Å². The second kappa shape index (κ2) is 5.51. The highest BCUT2D eigenvalue weighted by Gasteiger charge is 2.08. The Labute approximate surface area is 110 Å². The van der Waals surface area contributed by atoms with Crippen LogP contribution < -0.4 is 15.6 Å². The van der Waals surface area contributed by atoms with Crippen LogP contribution in [0.15, 0.2) is 29.1 Å². The summed E-state index contributed by atoms with van der Waals surface area (Å²) in [7, 11) is 1.59. The number of hydrogen-bond donors (Lipinski definition) is 2. The molecule has 0 amide bonds. The van der Waals surface area contributed by atoms with Crippen molar-refractivity contribution in [2.45, 2.75) is 19.9 Å². The molecule has 0 aliphatic rings. The van der Waals surface area contributed by atoms with Crippen LogP contribution in [0.4, 0.5) is 5.95 Å². The Kier molecular flexibility index (Phi) is 3.79. The number of aromatic nitrogens is 3. The van der Waals surface area contributed by atoms with E-state index in [-0.39, 0.29) is 17.3 Å². The van der Waals surface area contributed by atoms with Gasteiger partial charge < -0.3 is 10.1 Å². The minimum Gasteiger partial charge on any atom is -0.497 e. The molecule has 0 aliphatic carbocycles. The third-order valence-corrected chi connectivity index (χ3v) is 2.49. The van der Waals surface area contributed by atoms with Crippen molar-refractivity contribution in [2.75, 3.05) is 12.4 Å². The van der Waals surface area contributed by atoms with Crippen LogP contribution in [0.3, 0.4) is 0 Å². The molecule has 0 unspecified atom stereocenters. The van der Waals surface area contributed by atoms with Gasteiger partial charge in [-0.3, -0.25) is 9.78 Å². The van der Waals surface area contributed by atoms with Crippen molar-refractivity contribution in [1.29, 1.82) is 0 Å². The Morgan fingerprint density at radius 2 is 1.89 bits per heavy atom. The predicted octanol–water partition coefficient (Wildman–Crippen LogP) is 1.66. The number of aromatic amines is 1. The Bertz CT molecular complexity index is 605. The van der Waals surface area contributed by atoms with Crippen LogP contribution in [0.5, 0.6) is 5.75 Å². The van der Waals surface area contributed by atoms with E-state index in [0.29, 0.717) is 11.5 Å². The number of rotatable bonds is 4. The van der Waals surface area contributed by atoms with E-state index in [1.165, 1.54) is 0 Å². The lowest BCUT2D eigenvalue weighted by molar-refractivity contribution is 0.415. The van der Waals surface area contributed by atoms with Gasteiger partial charge in [0.15, 0.2) is 5.69 Å². The molecule has 6 heteroatoms. The molecule has 0 fully saturated rings. The third kappa shape index (κ3) is 3.09. The third-order valence-electron chi connectivity index (χ3n) is 2.49. The lowest BCUT2D eigenvalue weighted by Gasteiger charge is -2.08. The summed E-state index contributed by atoms with van der Waals surface area (Å²) in [5.74, 6) is 1.10. The number of hydrogen-bond acceptors (Lipinski definition) is 5. The van der Waals surface area contributed by atoms with E-state index in [1.807, 2.05) is 13.8 Å². The van der Waals surface area contributed by atoms with Gasteiger partial charge in [0.25, 0.3) is 5.56 Å². The SMILES string of the molecule is COc1ccc(-c2nnc(NC(C)C)[nH]c2=O)cc1. The van der Waals surface area contributed by atoms with E-state index in [9.17, 15) is 4.79 Å². The maximum atomic E-state index is 11.9. The number of benzene rings is 1. The summed E-state index contributed by atoms with van der Waals surface area (Å²) >= 11 is 0. The Morgan fingerprint density at radius 3 is 2.42 bits per heavy atom. The molecule has 2 rings (SSSR count). The maximum Gasteiger partial charge on any atom is 0.279 e. The highest BCUT2D eigenvalue weighted by atomic mass is 16.5. The van der Waals surface area contributed by atoms with Crippen molar-refractivity contribution in [1.82, 2.24) is 15.2 Å². The predicted molar refractivity (Wildman–Crippen MR) is 73.4 cm³/mol. The topological polar surface area (TPSA) is 79.9 Å². The zero-order chi connectivity index (χ0) is 13.8. The lowest BCUT2D eigenvalue weighted by atomic mass is 10.1. The molecular formula is C13H16N4O2. The van der Waals surface area contributed by atoms with Crippen LogP contribution in [0.2, 0.25) is 0 Å². The molecule has 0 atom stereocenters. The summed E-state index contributed by atoms with van der Waals surface area (Å²) in [6.07, 6.45) is 0. The molecule has 0 bridgehead atoms. The Hall–Kier alpha value is -2.37. The average molecular weight is 260 g/mol. The zero-order valence-corrected chi connectivity index (χ0v) is 11.1. The van der Waals surface area contributed by atoms with Crippen LogP contribution in [-0.4, -0.2) is 28.3 Å². The van der Waals surface area contributed by atoms with Gasteiger partial charge >= 0.3 is 0 Å². The van der Waals surface area contributed by atoms with Crippen molar-refractivity contribution in [3.63, 3.8) is 0 Å². The number of methoxy groups -OCH3 is 1. The van der Waals surface area contributed by atoms with Crippen molar-refractivity contribution >= 4 is 5.95 Å². The molecule has 0 saturated heterocycles. The monoisotopic (exact) mass is 260 g/mol. The normalized spacial score (nSPS) is 10.5. The second-order valence-electron chi connectivity index (χ2n) is 4.38. The zero-order valence-electron chi connectivity index (χ0n) is 11.1. The van der Waals surface area contributed by atoms with Crippen molar-refractivity contribution in [3.8, 4) is 17.0 Å². The first-order valence-corrected chi connectivity index (χ1v) is 5.98. The molecule has 0 spiro atoms. The Balaban J connectivity index is 2.32. The van der Waals surface area contributed by atoms with Gasteiger partial charge in [-0.05, 0) is 38.1 Å². The first-order chi connectivity index (χ1) is 9.10. The smallest absolute Gasteiger partial charge is 0.279 e. The molecule has 1 heterocycles. The lowest BCUT2D eigenvalue weighted by Crippen LogP contribution is -2.20. The van der Waals surface area contributed by atoms with E-state index in [0.717, 1.165) is 5.75 Å². The largest absolute Gasteiger partial charge is 0.497 e. The number of anilines is 1. The quantitative estimate of drug-likeness (QED) is 0.874. The summed E-state index contributed by atoms with van der Waals surface area (Å²) in [6.45, 7) is 3.91. The van der Waals surface area contributed by atoms with Crippen molar-refractivity contribution in [2.24, 2.45) is 0 Å². The minimum absolute atomic E-state index is 0.178. The first-order valence-electron chi connectivity index (χ1n) is 5.98. The summed E-state index contributed by atoms with van der Waals surface area (Å²) < 4.78 is 5.07. The van der Waals surface area contributed by atoms with Crippen LogP contribution in [0.25, 0.3) is 11.3 Å². The van der Waals surface area contributed by atoms with E-state index in [4.69, 9.17) is 4.74 Å². The van der Waals surface area contributed by atoms with E-state index < -0.39 is 0 Å². The molecule has 0 aliphatic heterocycles.